The number of nitrogens with two attached hydrogens (primary N) is 1. The molecule has 0 aliphatic heterocycles. The third kappa shape index (κ3) is 2.31. The van der Waals surface area contributed by atoms with Crippen LogP contribution in [0.1, 0.15) is 11.1 Å². The molecule has 17 heavy (non-hydrogen) atoms. The van der Waals surface area contributed by atoms with Crippen LogP contribution >= 0.6 is 0 Å². The fourth-order valence-electron chi connectivity index (χ4n) is 1.85. The molecule has 0 atom stereocenters. The first-order valence-corrected chi connectivity index (χ1v) is 5.55. The Bertz CT molecular complexity index is 506. The minimum Gasteiger partial charge on any atom is -0.496 e. The van der Waals surface area contributed by atoms with E-state index in [0.29, 0.717) is 6.54 Å². The zero-order valence-corrected chi connectivity index (χ0v) is 10.1. The van der Waals surface area contributed by atoms with Gasteiger partial charge in [0.05, 0.1) is 13.3 Å². The van der Waals surface area contributed by atoms with Crippen LogP contribution in [-0.4, -0.2) is 18.8 Å². The summed E-state index contributed by atoms with van der Waals surface area (Å²) in [4.78, 5) is 0. The highest BCUT2D eigenvalue weighted by Gasteiger charge is 2.11. The molecule has 0 aliphatic rings. The lowest BCUT2D eigenvalue weighted by molar-refractivity contribution is 0.411. The van der Waals surface area contributed by atoms with Crippen LogP contribution in [0.2, 0.25) is 0 Å². The lowest BCUT2D eigenvalue weighted by Gasteiger charge is -2.06. The van der Waals surface area contributed by atoms with Crippen LogP contribution in [0.25, 0.3) is 11.3 Å². The van der Waals surface area contributed by atoms with Gasteiger partial charge in [-0.1, -0.05) is 5.16 Å². The Morgan fingerprint density at radius 3 is 2.88 bits per heavy atom. The number of hydrogen-bond donors (Lipinski definition) is 1. The molecule has 2 rings (SSSR count). The van der Waals surface area contributed by atoms with Gasteiger partial charge in [-0.25, -0.2) is 0 Å². The van der Waals surface area contributed by atoms with Gasteiger partial charge in [0.25, 0.3) is 0 Å². The van der Waals surface area contributed by atoms with Gasteiger partial charge in [0.2, 0.25) is 0 Å². The first-order chi connectivity index (χ1) is 8.26. The first kappa shape index (κ1) is 11.7. The van der Waals surface area contributed by atoms with Crippen LogP contribution in [0.5, 0.6) is 5.75 Å². The maximum absolute atomic E-state index is 5.55. The van der Waals surface area contributed by atoms with E-state index in [0.717, 1.165) is 34.6 Å². The van der Waals surface area contributed by atoms with E-state index in [1.165, 1.54) is 0 Å². The van der Waals surface area contributed by atoms with Gasteiger partial charge in [-0.15, -0.1) is 0 Å². The normalized spacial score (nSPS) is 10.5. The highest BCUT2D eigenvalue weighted by molar-refractivity contribution is 5.63. The summed E-state index contributed by atoms with van der Waals surface area (Å²) in [5.41, 5.74) is 8.67. The van der Waals surface area contributed by atoms with E-state index in [4.69, 9.17) is 15.0 Å². The summed E-state index contributed by atoms with van der Waals surface area (Å²) in [6, 6.07) is 5.92. The van der Waals surface area contributed by atoms with Crippen molar-refractivity contribution in [2.75, 3.05) is 13.7 Å². The predicted octanol–water partition coefficient (Wildman–Crippen LogP) is 2.16. The first-order valence-electron chi connectivity index (χ1n) is 5.55. The third-order valence-electron chi connectivity index (χ3n) is 2.71. The highest BCUT2D eigenvalue weighted by atomic mass is 16.5. The number of rotatable bonds is 4. The Balaban J connectivity index is 2.39. The zero-order chi connectivity index (χ0) is 12.3. The van der Waals surface area contributed by atoms with Gasteiger partial charge in [-0.3, -0.25) is 0 Å². The van der Waals surface area contributed by atoms with Gasteiger partial charge in [0.1, 0.15) is 5.75 Å². The average Bonchev–Trinajstić information content (AvgIpc) is 2.78. The number of aromatic nitrogens is 1. The molecule has 2 N–H and O–H groups in total. The molecule has 1 aromatic carbocycles. The van der Waals surface area contributed by atoms with Gasteiger partial charge in [0, 0.05) is 11.1 Å². The molecular formula is C13H16N2O2. The minimum atomic E-state index is 0.587. The molecular weight excluding hydrogens is 216 g/mol. The molecule has 1 heterocycles. The Morgan fingerprint density at radius 2 is 2.24 bits per heavy atom. The molecule has 0 spiro atoms. The Kier molecular flexibility index (Phi) is 3.44. The van der Waals surface area contributed by atoms with Gasteiger partial charge in [-0.05, 0) is 43.7 Å². The number of methoxy groups -OCH3 is 1. The summed E-state index contributed by atoms with van der Waals surface area (Å²) in [6.45, 7) is 2.59. The van der Waals surface area contributed by atoms with Crippen molar-refractivity contribution in [1.82, 2.24) is 5.16 Å². The molecule has 0 unspecified atom stereocenters. The van der Waals surface area contributed by atoms with Crippen molar-refractivity contribution in [1.29, 1.82) is 0 Å². The van der Waals surface area contributed by atoms with Crippen molar-refractivity contribution < 1.29 is 9.26 Å². The van der Waals surface area contributed by atoms with Crippen LogP contribution in [-0.2, 0) is 6.42 Å². The van der Waals surface area contributed by atoms with E-state index in [1.54, 1.807) is 13.3 Å². The van der Waals surface area contributed by atoms with Crippen LogP contribution in [0.15, 0.2) is 28.9 Å². The summed E-state index contributed by atoms with van der Waals surface area (Å²) in [5, 5.41) is 3.83. The van der Waals surface area contributed by atoms with Crippen molar-refractivity contribution in [3.63, 3.8) is 0 Å². The van der Waals surface area contributed by atoms with E-state index in [-0.39, 0.29) is 0 Å². The molecule has 0 radical (unpaired) electrons. The third-order valence-corrected chi connectivity index (χ3v) is 2.71. The molecule has 1 aromatic heterocycles. The molecule has 4 heteroatoms. The number of nitrogens with zero attached hydrogens (tertiary/aromatic N) is 1. The lowest BCUT2D eigenvalue weighted by Crippen LogP contribution is -2.02. The van der Waals surface area contributed by atoms with Crippen molar-refractivity contribution in [3.05, 3.63) is 35.5 Å². The van der Waals surface area contributed by atoms with E-state index in [2.05, 4.69) is 5.16 Å². The average molecular weight is 232 g/mol. The predicted molar refractivity (Wildman–Crippen MR) is 66.0 cm³/mol. The molecule has 0 saturated carbocycles. The topological polar surface area (TPSA) is 61.3 Å². The molecule has 4 nitrogen and oxygen atoms in total. The number of hydrogen-bond acceptors (Lipinski definition) is 4. The number of aryl methyl sites for hydroxylation is 1. The Hall–Kier alpha value is -1.81. The summed E-state index contributed by atoms with van der Waals surface area (Å²) < 4.78 is 10.5. The van der Waals surface area contributed by atoms with E-state index in [9.17, 15) is 0 Å². The largest absolute Gasteiger partial charge is 0.496 e. The monoisotopic (exact) mass is 232 g/mol. The van der Waals surface area contributed by atoms with Crippen LogP contribution in [0.4, 0.5) is 0 Å². The van der Waals surface area contributed by atoms with Gasteiger partial charge in [-0.2, -0.15) is 0 Å². The van der Waals surface area contributed by atoms with E-state index >= 15 is 0 Å². The van der Waals surface area contributed by atoms with Gasteiger partial charge in [0.15, 0.2) is 5.76 Å². The molecule has 0 fully saturated rings. The molecule has 0 bridgehead atoms. The molecule has 0 amide bonds. The fourth-order valence-corrected chi connectivity index (χ4v) is 1.85. The SMILES string of the molecule is COc1ccc(-c2oncc2CCN)cc1C. The van der Waals surface area contributed by atoms with Crippen LogP contribution in [0, 0.1) is 6.92 Å². The summed E-state index contributed by atoms with van der Waals surface area (Å²) in [5.74, 6) is 1.66. The molecule has 2 aromatic rings. The standard InChI is InChI=1S/C13H16N2O2/c1-9-7-10(3-4-12(9)16-2)13-11(5-6-14)8-15-17-13/h3-4,7-8H,5-6,14H2,1-2H3. The summed E-state index contributed by atoms with van der Waals surface area (Å²) in [6.07, 6.45) is 2.49. The van der Waals surface area contributed by atoms with Gasteiger partial charge < -0.3 is 15.0 Å². The Labute approximate surface area is 100 Å². The van der Waals surface area contributed by atoms with Crippen molar-refractivity contribution >= 4 is 0 Å². The summed E-state index contributed by atoms with van der Waals surface area (Å²) in [7, 11) is 1.66. The lowest BCUT2D eigenvalue weighted by atomic mass is 10.0. The van der Waals surface area contributed by atoms with E-state index < -0.39 is 0 Å². The minimum absolute atomic E-state index is 0.587. The number of ether oxygens (including phenoxy) is 1. The molecule has 0 aliphatic carbocycles. The summed E-state index contributed by atoms with van der Waals surface area (Å²) >= 11 is 0. The quantitative estimate of drug-likeness (QED) is 0.877. The second kappa shape index (κ2) is 5.01. The van der Waals surface area contributed by atoms with Crippen molar-refractivity contribution in [3.8, 4) is 17.1 Å². The Morgan fingerprint density at radius 1 is 1.41 bits per heavy atom. The van der Waals surface area contributed by atoms with Crippen LogP contribution in [0.3, 0.4) is 0 Å². The second-order valence-corrected chi connectivity index (χ2v) is 3.90. The van der Waals surface area contributed by atoms with Crippen molar-refractivity contribution in [2.45, 2.75) is 13.3 Å². The fraction of sp³-hybridized carbons (Fsp3) is 0.308. The maximum Gasteiger partial charge on any atom is 0.170 e. The van der Waals surface area contributed by atoms with Gasteiger partial charge >= 0.3 is 0 Å². The second-order valence-electron chi connectivity index (χ2n) is 3.90. The zero-order valence-electron chi connectivity index (χ0n) is 10.1. The smallest absolute Gasteiger partial charge is 0.170 e. The van der Waals surface area contributed by atoms with Crippen molar-refractivity contribution in [2.24, 2.45) is 5.73 Å². The molecule has 0 saturated heterocycles. The van der Waals surface area contributed by atoms with Crippen LogP contribution < -0.4 is 10.5 Å². The highest BCUT2D eigenvalue weighted by Crippen LogP contribution is 2.28. The number of benzene rings is 1. The maximum atomic E-state index is 5.55. The molecule has 90 valence electrons. The van der Waals surface area contributed by atoms with E-state index in [1.807, 2.05) is 25.1 Å².